The number of hydrogen-bond donors (Lipinski definition) is 6. The Morgan fingerprint density at radius 1 is 0.667 bits per heavy atom. The van der Waals surface area contributed by atoms with Crippen LogP contribution in [0.1, 0.15) is 65.2 Å². The third-order valence-electron chi connectivity index (χ3n) is 2.45. The van der Waals surface area contributed by atoms with Crippen LogP contribution in [-0.2, 0) is 44.3 Å². The molecule has 0 bridgehead atoms. The summed E-state index contributed by atoms with van der Waals surface area (Å²) in [5, 5.41) is 0. The van der Waals surface area contributed by atoms with Gasteiger partial charge in [-0.05, 0) is 23.6 Å². The van der Waals surface area contributed by atoms with Crippen molar-refractivity contribution >= 4 is 37.1 Å². The van der Waals surface area contributed by atoms with E-state index in [4.69, 9.17) is 29.4 Å². The van der Waals surface area contributed by atoms with Gasteiger partial charge in [-0.3, -0.25) is 0 Å². The fourth-order valence-corrected chi connectivity index (χ4v) is 4.57. The van der Waals surface area contributed by atoms with Gasteiger partial charge in [0.2, 0.25) is 0 Å². The van der Waals surface area contributed by atoms with E-state index in [2.05, 4.69) is 37.5 Å². The second-order valence-electron chi connectivity index (χ2n) is 5.00. The molecule has 0 heterocycles. The summed E-state index contributed by atoms with van der Waals surface area (Å²) in [5.41, 5.74) is 0. The van der Waals surface area contributed by atoms with E-state index in [1.807, 2.05) is 0 Å². The Morgan fingerprint density at radius 2 is 0.917 bits per heavy atom. The van der Waals surface area contributed by atoms with E-state index < -0.39 is 30.7 Å². The minimum absolute atomic E-state index is 1.08. The second kappa shape index (κ2) is 19.3. The van der Waals surface area contributed by atoms with Crippen LogP contribution in [0.4, 0.5) is 0 Å². The van der Waals surface area contributed by atoms with Gasteiger partial charge < -0.3 is 29.4 Å². The van der Waals surface area contributed by atoms with Crippen molar-refractivity contribution in [1.82, 2.24) is 0 Å². The van der Waals surface area contributed by atoms with Gasteiger partial charge in [-0.2, -0.15) is 0 Å². The Hall–Kier alpha value is 1.55. The molecule has 150 valence electrons. The van der Waals surface area contributed by atoms with Crippen LogP contribution in [0.3, 0.4) is 0 Å². The first-order chi connectivity index (χ1) is 10.8. The number of hydrogen-bond acceptors (Lipinski definition) is 3. The minimum atomic E-state index is -3.81. The molecule has 0 aromatic heterocycles. The van der Waals surface area contributed by atoms with Gasteiger partial charge in [0.1, 0.15) is 0 Å². The van der Waals surface area contributed by atoms with Crippen LogP contribution in [0.15, 0.2) is 0 Å². The molecule has 0 aromatic carbocycles. The van der Waals surface area contributed by atoms with Gasteiger partial charge in [-0.25, -0.2) is 0 Å². The van der Waals surface area contributed by atoms with E-state index in [-0.39, 0.29) is 0 Å². The van der Waals surface area contributed by atoms with Gasteiger partial charge in [-0.15, -0.1) is 0 Å². The molecule has 0 atom stereocenters. The Bertz CT molecular complexity index is 337. The van der Waals surface area contributed by atoms with Crippen LogP contribution >= 0.6 is 13.4 Å². The van der Waals surface area contributed by atoms with Crippen LogP contribution in [0, 0.1) is 0 Å². The van der Waals surface area contributed by atoms with Gasteiger partial charge in [-0.1, -0.05) is 0 Å². The maximum Gasteiger partial charge on any atom is 0.319 e. The Labute approximate surface area is 161 Å². The molecule has 0 aliphatic heterocycles. The molecule has 0 saturated carbocycles. The zero-order valence-electron chi connectivity index (χ0n) is 14.3. The summed E-state index contributed by atoms with van der Waals surface area (Å²) in [6.07, 6.45) is 10.3. The van der Waals surface area contributed by atoms with Crippen molar-refractivity contribution < 1.29 is 50.0 Å². The molecule has 0 spiro atoms. The number of rotatable bonds is 10. The van der Waals surface area contributed by atoms with Crippen molar-refractivity contribution in [3.63, 3.8) is 0 Å². The normalized spacial score (nSPS) is 11.4. The summed E-state index contributed by atoms with van der Waals surface area (Å²) in [6, 6.07) is 0. The van der Waals surface area contributed by atoms with Crippen molar-refractivity contribution in [2.24, 2.45) is 0 Å². The molecule has 0 saturated heterocycles. The van der Waals surface area contributed by atoms with Crippen molar-refractivity contribution in [3.8, 4) is 0 Å². The molecule has 0 amide bonds. The third kappa shape index (κ3) is 65.2. The summed E-state index contributed by atoms with van der Waals surface area (Å²) >= 11 is 5.39. The summed E-state index contributed by atoms with van der Waals surface area (Å²) < 4.78 is 11.6. The van der Waals surface area contributed by atoms with Crippen molar-refractivity contribution in [1.29, 1.82) is 0 Å². The molecule has 24 heavy (non-hydrogen) atoms. The van der Waals surface area contributed by atoms with Gasteiger partial charge in [0.25, 0.3) is 0 Å². The minimum Gasteiger partial charge on any atom is -0.325 e. The van der Waals surface area contributed by atoms with Crippen LogP contribution in [0.5, 0.6) is 0 Å². The maximum absolute atomic E-state index is 11.6. The quantitative estimate of drug-likeness (QED) is 0.148. The summed E-state index contributed by atoms with van der Waals surface area (Å²) in [7, 11) is 0. The maximum atomic E-state index is 11.6. The molecular weight excluding hydrogens is 478 g/mol. The van der Waals surface area contributed by atoms with Gasteiger partial charge in [0.05, 0.1) is 0 Å². The summed E-state index contributed by atoms with van der Waals surface area (Å²) in [6.45, 7) is -3.17. The molecular formula is C12H32MoO7P2S2. The van der Waals surface area contributed by atoms with E-state index in [0.717, 1.165) is 9.62 Å². The van der Waals surface area contributed by atoms with Crippen molar-refractivity contribution in [3.05, 3.63) is 0 Å². The molecule has 0 aliphatic carbocycles. The smallest absolute Gasteiger partial charge is 0.319 e. The SMILES string of the molecule is CCCCC[CH2][Mo](=[O])[CH2]CCCCC.OP(O)(O)=S.OP(O)(O)=S. The zero-order chi connectivity index (χ0) is 19.6. The van der Waals surface area contributed by atoms with Gasteiger partial charge in [0, 0.05) is 0 Å². The largest absolute Gasteiger partial charge is 0.325 e. The topological polar surface area (TPSA) is 138 Å². The van der Waals surface area contributed by atoms with E-state index in [0.29, 0.717) is 0 Å². The first kappa shape index (κ1) is 30.3. The molecule has 6 N–H and O–H groups in total. The Morgan fingerprint density at radius 3 is 1.12 bits per heavy atom. The van der Waals surface area contributed by atoms with Crippen LogP contribution in [0.2, 0.25) is 9.62 Å². The molecule has 0 fully saturated rings. The van der Waals surface area contributed by atoms with E-state index in [9.17, 15) is 3.40 Å². The zero-order valence-corrected chi connectivity index (χ0v) is 19.7. The first-order valence-electron chi connectivity index (χ1n) is 7.72. The molecule has 0 radical (unpaired) electrons. The van der Waals surface area contributed by atoms with Crippen LogP contribution < -0.4 is 0 Å². The monoisotopic (exact) mass is 512 g/mol. The standard InChI is InChI=1S/2C6H13.Mo.2H3O3PS.O/c2*1-3-5-6-4-2;;2*1-4(2,3)5;/h2*1,3-6H2,2H3;;2*(H3,1,2,3,5);. The molecule has 12 heteroatoms. The van der Waals surface area contributed by atoms with E-state index in [1.165, 1.54) is 51.4 Å². The average Bonchev–Trinajstić information content (AvgIpc) is 2.36. The fraction of sp³-hybridized carbons (Fsp3) is 1.00. The predicted molar refractivity (Wildman–Crippen MR) is 100 cm³/mol. The fourth-order valence-electron chi connectivity index (χ4n) is 1.48. The average molecular weight is 510 g/mol. The van der Waals surface area contributed by atoms with Crippen molar-refractivity contribution in [2.45, 2.75) is 74.8 Å². The molecule has 0 rings (SSSR count). The predicted octanol–water partition coefficient (Wildman–Crippen LogP) is 3.32. The third-order valence-corrected chi connectivity index (χ3v) is 6.11. The molecule has 0 aliphatic rings. The first-order valence-corrected chi connectivity index (χ1v) is 16.7. The molecule has 0 unspecified atom stereocenters. The Balaban J connectivity index is -0.000000361. The summed E-state index contributed by atoms with van der Waals surface area (Å²) in [5.74, 6) is 0. The number of unbranched alkanes of at least 4 members (excludes halogenated alkanes) is 6. The summed E-state index contributed by atoms with van der Waals surface area (Å²) in [4.78, 5) is 47.5. The second-order valence-corrected chi connectivity index (χ2v) is 14.2. The Kier molecular flexibility index (Phi) is 24.4. The van der Waals surface area contributed by atoms with Gasteiger partial charge in [0.15, 0.2) is 0 Å². The van der Waals surface area contributed by atoms with Crippen LogP contribution in [-0.4, -0.2) is 29.4 Å². The van der Waals surface area contributed by atoms with Gasteiger partial charge >= 0.3 is 109 Å². The van der Waals surface area contributed by atoms with E-state index >= 15 is 0 Å². The van der Waals surface area contributed by atoms with E-state index in [1.54, 1.807) is 0 Å². The van der Waals surface area contributed by atoms with Crippen LogP contribution in [0.25, 0.3) is 0 Å². The van der Waals surface area contributed by atoms with Crippen molar-refractivity contribution in [2.75, 3.05) is 0 Å². The molecule has 7 nitrogen and oxygen atoms in total. The molecule has 0 aromatic rings.